The SMILES string of the molecule is CCc1ccc(-c2nc(CSc3nc(C)cc(N)n3)cs2)cc1. The summed E-state index contributed by atoms with van der Waals surface area (Å²) in [5, 5.41) is 3.84. The maximum atomic E-state index is 5.75. The topological polar surface area (TPSA) is 64.7 Å². The number of thioether (sulfide) groups is 1. The Kier molecular flexibility index (Phi) is 4.93. The smallest absolute Gasteiger partial charge is 0.190 e. The van der Waals surface area contributed by atoms with Gasteiger partial charge >= 0.3 is 0 Å². The molecule has 3 aromatic rings. The molecule has 2 aromatic heterocycles. The van der Waals surface area contributed by atoms with E-state index in [0.717, 1.165) is 28.6 Å². The molecule has 0 fully saturated rings. The fourth-order valence-corrected chi connectivity index (χ4v) is 3.89. The van der Waals surface area contributed by atoms with Crippen LogP contribution in [0.5, 0.6) is 0 Å². The molecule has 0 amide bonds. The van der Waals surface area contributed by atoms with Crippen molar-refractivity contribution in [2.45, 2.75) is 31.2 Å². The van der Waals surface area contributed by atoms with Crippen LogP contribution in [-0.4, -0.2) is 15.0 Å². The van der Waals surface area contributed by atoms with Crippen molar-refractivity contribution < 1.29 is 0 Å². The lowest BCUT2D eigenvalue weighted by Gasteiger charge is -2.01. The van der Waals surface area contributed by atoms with E-state index in [0.29, 0.717) is 11.0 Å². The average molecular weight is 342 g/mol. The molecule has 2 heterocycles. The molecule has 1 aromatic carbocycles. The van der Waals surface area contributed by atoms with Crippen LogP contribution in [0.4, 0.5) is 5.82 Å². The number of aromatic nitrogens is 3. The molecule has 118 valence electrons. The molecular weight excluding hydrogens is 324 g/mol. The van der Waals surface area contributed by atoms with E-state index in [1.165, 1.54) is 11.1 Å². The van der Waals surface area contributed by atoms with Gasteiger partial charge in [-0.1, -0.05) is 43.0 Å². The summed E-state index contributed by atoms with van der Waals surface area (Å²) >= 11 is 3.23. The highest BCUT2D eigenvalue weighted by atomic mass is 32.2. The van der Waals surface area contributed by atoms with Gasteiger partial charge in [0.05, 0.1) is 5.69 Å². The standard InChI is InChI=1S/C17H18N4S2/c1-3-12-4-6-13(7-5-12)16-20-14(9-22-16)10-23-17-19-11(2)8-15(18)21-17/h4-9H,3,10H2,1-2H3,(H2,18,19,21). The molecule has 0 saturated carbocycles. The number of nitrogen functional groups attached to an aromatic ring is 1. The second-order valence-corrected chi connectivity index (χ2v) is 7.00. The number of aryl methyl sites for hydroxylation is 2. The van der Waals surface area contributed by atoms with Crippen LogP contribution in [0.2, 0.25) is 0 Å². The van der Waals surface area contributed by atoms with Crippen LogP contribution in [0.3, 0.4) is 0 Å². The van der Waals surface area contributed by atoms with Crippen molar-refractivity contribution in [3.63, 3.8) is 0 Å². The number of rotatable bonds is 5. The number of anilines is 1. The first-order valence-electron chi connectivity index (χ1n) is 7.41. The Morgan fingerprint density at radius 3 is 2.61 bits per heavy atom. The predicted molar refractivity (Wildman–Crippen MR) is 97.7 cm³/mol. The summed E-state index contributed by atoms with van der Waals surface area (Å²) in [4.78, 5) is 13.3. The van der Waals surface area contributed by atoms with Crippen molar-refractivity contribution in [3.05, 3.63) is 52.7 Å². The van der Waals surface area contributed by atoms with E-state index >= 15 is 0 Å². The number of hydrogen-bond acceptors (Lipinski definition) is 6. The van der Waals surface area contributed by atoms with Crippen LogP contribution in [0.15, 0.2) is 40.9 Å². The minimum Gasteiger partial charge on any atom is -0.384 e. The molecule has 0 aliphatic rings. The zero-order valence-corrected chi connectivity index (χ0v) is 14.7. The zero-order valence-electron chi connectivity index (χ0n) is 13.1. The number of nitrogens with zero attached hydrogens (tertiary/aromatic N) is 3. The zero-order chi connectivity index (χ0) is 16.2. The molecule has 2 N–H and O–H groups in total. The molecule has 0 saturated heterocycles. The van der Waals surface area contributed by atoms with Crippen LogP contribution in [0.25, 0.3) is 10.6 Å². The quantitative estimate of drug-likeness (QED) is 0.552. The van der Waals surface area contributed by atoms with E-state index in [1.54, 1.807) is 29.2 Å². The monoisotopic (exact) mass is 342 g/mol. The Morgan fingerprint density at radius 1 is 1.13 bits per heavy atom. The highest BCUT2D eigenvalue weighted by molar-refractivity contribution is 7.98. The Labute approximate surface area is 144 Å². The third-order valence-electron chi connectivity index (χ3n) is 3.36. The van der Waals surface area contributed by atoms with Crippen LogP contribution >= 0.6 is 23.1 Å². The first-order valence-corrected chi connectivity index (χ1v) is 9.28. The lowest BCUT2D eigenvalue weighted by Crippen LogP contribution is -1.96. The van der Waals surface area contributed by atoms with Crippen LogP contribution in [-0.2, 0) is 12.2 Å². The minimum atomic E-state index is 0.509. The predicted octanol–water partition coefficient (Wildman–Crippen LogP) is 4.35. The molecular formula is C17H18N4S2. The highest BCUT2D eigenvalue weighted by Gasteiger charge is 2.07. The summed E-state index contributed by atoms with van der Waals surface area (Å²) in [6, 6.07) is 10.4. The molecule has 0 aliphatic heterocycles. The Balaban J connectivity index is 1.69. The van der Waals surface area contributed by atoms with Gasteiger partial charge in [0.1, 0.15) is 10.8 Å². The van der Waals surface area contributed by atoms with Gasteiger partial charge in [-0.25, -0.2) is 15.0 Å². The molecule has 0 aliphatic carbocycles. The number of nitrogens with two attached hydrogens (primary N) is 1. The van der Waals surface area contributed by atoms with E-state index in [4.69, 9.17) is 10.7 Å². The van der Waals surface area contributed by atoms with Crippen LogP contribution < -0.4 is 5.73 Å². The molecule has 0 spiro atoms. The number of benzene rings is 1. The summed E-state index contributed by atoms with van der Waals surface area (Å²) in [5.41, 5.74) is 10.2. The minimum absolute atomic E-state index is 0.509. The van der Waals surface area contributed by atoms with E-state index in [9.17, 15) is 0 Å². The molecule has 4 nitrogen and oxygen atoms in total. The number of hydrogen-bond donors (Lipinski definition) is 1. The average Bonchev–Trinajstić information content (AvgIpc) is 3.01. The van der Waals surface area contributed by atoms with Gasteiger partial charge in [-0.15, -0.1) is 11.3 Å². The summed E-state index contributed by atoms with van der Waals surface area (Å²) < 4.78 is 0. The van der Waals surface area contributed by atoms with Crippen molar-refractivity contribution in [2.75, 3.05) is 5.73 Å². The van der Waals surface area contributed by atoms with Crippen molar-refractivity contribution in [1.82, 2.24) is 15.0 Å². The molecule has 0 bridgehead atoms. The van der Waals surface area contributed by atoms with Gasteiger partial charge in [0.2, 0.25) is 0 Å². The Morgan fingerprint density at radius 2 is 1.91 bits per heavy atom. The molecule has 23 heavy (non-hydrogen) atoms. The van der Waals surface area contributed by atoms with E-state index < -0.39 is 0 Å². The van der Waals surface area contributed by atoms with Crippen LogP contribution in [0, 0.1) is 6.92 Å². The second-order valence-electron chi connectivity index (χ2n) is 5.20. The summed E-state index contributed by atoms with van der Waals surface area (Å²) in [5.74, 6) is 1.25. The van der Waals surface area contributed by atoms with E-state index in [2.05, 4.69) is 46.5 Å². The van der Waals surface area contributed by atoms with E-state index in [-0.39, 0.29) is 0 Å². The third kappa shape index (κ3) is 4.09. The molecule has 0 unspecified atom stereocenters. The van der Waals surface area contributed by atoms with Gasteiger partial charge in [-0.3, -0.25) is 0 Å². The normalized spacial score (nSPS) is 10.9. The molecule has 6 heteroatoms. The third-order valence-corrected chi connectivity index (χ3v) is 5.18. The number of thiazole rings is 1. The van der Waals surface area contributed by atoms with Gasteiger partial charge in [-0.2, -0.15) is 0 Å². The largest absolute Gasteiger partial charge is 0.384 e. The molecule has 3 rings (SSSR count). The maximum absolute atomic E-state index is 5.75. The highest BCUT2D eigenvalue weighted by Crippen LogP contribution is 2.27. The van der Waals surface area contributed by atoms with Gasteiger partial charge < -0.3 is 5.73 Å². The lowest BCUT2D eigenvalue weighted by atomic mass is 10.1. The van der Waals surface area contributed by atoms with Crippen molar-refractivity contribution in [3.8, 4) is 10.6 Å². The van der Waals surface area contributed by atoms with Gasteiger partial charge in [0.25, 0.3) is 0 Å². The summed E-state index contributed by atoms with van der Waals surface area (Å²) in [7, 11) is 0. The maximum Gasteiger partial charge on any atom is 0.190 e. The van der Waals surface area contributed by atoms with E-state index in [1.807, 2.05) is 6.92 Å². The van der Waals surface area contributed by atoms with Crippen molar-refractivity contribution >= 4 is 28.9 Å². The summed E-state index contributed by atoms with van der Waals surface area (Å²) in [6.45, 7) is 4.08. The fourth-order valence-electron chi connectivity index (χ4n) is 2.16. The second kappa shape index (κ2) is 7.10. The van der Waals surface area contributed by atoms with Gasteiger partial charge in [0.15, 0.2) is 5.16 Å². The lowest BCUT2D eigenvalue weighted by molar-refractivity contribution is 0.939. The van der Waals surface area contributed by atoms with Gasteiger partial charge in [-0.05, 0) is 18.9 Å². The van der Waals surface area contributed by atoms with Crippen molar-refractivity contribution in [2.24, 2.45) is 0 Å². The van der Waals surface area contributed by atoms with Gasteiger partial charge in [0, 0.05) is 28.5 Å². The first kappa shape index (κ1) is 16.0. The first-order chi connectivity index (χ1) is 11.1. The molecule has 0 atom stereocenters. The van der Waals surface area contributed by atoms with Crippen LogP contribution in [0.1, 0.15) is 23.9 Å². The Hall–Kier alpha value is -1.92. The molecule has 0 radical (unpaired) electrons. The summed E-state index contributed by atoms with van der Waals surface area (Å²) in [6.07, 6.45) is 1.06. The fraction of sp³-hybridized carbons (Fsp3) is 0.235. The van der Waals surface area contributed by atoms with Crippen molar-refractivity contribution in [1.29, 1.82) is 0 Å². The Bertz CT molecular complexity index is 776.